The second-order valence-corrected chi connectivity index (χ2v) is 10.8. The first-order valence-corrected chi connectivity index (χ1v) is 14.0. The first kappa shape index (κ1) is 26.3. The van der Waals surface area contributed by atoms with Crippen LogP contribution in [0.25, 0.3) is 0 Å². The van der Waals surface area contributed by atoms with Gasteiger partial charge in [0.2, 0.25) is 11.8 Å². The fraction of sp³-hybridized carbons (Fsp3) is 0.552. The van der Waals surface area contributed by atoms with Gasteiger partial charge in [0, 0.05) is 62.6 Å². The first-order valence-electron chi connectivity index (χ1n) is 14.0. The molecule has 2 aliphatic heterocycles. The third-order valence-corrected chi connectivity index (χ3v) is 8.30. The summed E-state index contributed by atoms with van der Waals surface area (Å²) in [5.41, 5.74) is 2.53. The van der Waals surface area contributed by atoms with Crippen molar-refractivity contribution >= 4 is 29.0 Å². The lowest BCUT2D eigenvalue weighted by Gasteiger charge is -2.39. The highest BCUT2D eigenvalue weighted by atomic mass is 16.5. The molecule has 0 radical (unpaired) electrons. The van der Waals surface area contributed by atoms with Crippen LogP contribution in [0, 0.1) is 0 Å². The molecule has 2 saturated heterocycles. The summed E-state index contributed by atoms with van der Waals surface area (Å²) >= 11 is 0. The van der Waals surface area contributed by atoms with Crippen LogP contribution in [0.4, 0.5) is 21.9 Å². The number of nitrogens with one attached hydrogen (secondary N) is 2. The third kappa shape index (κ3) is 6.56. The number of carbonyl (C=O) groups excluding carboxylic acids is 2. The lowest BCUT2D eigenvalue weighted by atomic mass is 10.0. The van der Waals surface area contributed by atoms with E-state index in [1.165, 1.54) is 18.5 Å². The van der Waals surface area contributed by atoms with Crippen molar-refractivity contribution < 1.29 is 14.3 Å². The summed E-state index contributed by atoms with van der Waals surface area (Å²) in [6, 6.07) is 12.4. The van der Waals surface area contributed by atoms with Gasteiger partial charge in [-0.05, 0) is 82.3 Å². The average Bonchev–Trinajstić information content (AvgIpc) is 3.63. The van der Waals surface area contributed by atoms with Crippen LogP contribution in [-0.2, 0) is 4.79 Å². The van der Waals surface area contributed by atoms with Gasteiger partial charge in [-0.3, -0.25) is 9.69 Å². The molecule has 3 aliphatic rings. The SMILES string of the molecule is CC(=O)N1CCC(N(C)C2CCN(c3ccc(NC(=O)Nc4ccc(OC5CCCC5)nc4)cc3)C2)CC1. The van der Waals surface area contributed by atoms with Gasteiger partial charge < -0.3 is 25.2 Å². The summed E-state index contributed by atoms with van der Waals surface area (Å²) < 4.78 is 5.89. The number of hydrogen-bond donors (Lipinski definition) is 2. The van der Waals surface area contributed by atoms with Crippen molar-refractivity contribution in [2.24, 2.45) is 0 Å². The topological polar surface area (TPSA) is 90.0 Å². The van der Waals surface area contributed by atoms with Gasteiger partial charge in [0.15, 0.2) is 0 Å². The molecule has 9 heteroatoms. The molecule has 38 heavy (non-hydrogen) atoms. The van der Waals surface area contributed by atoms with Gasteiger partial charge in [-0.2, -0.15) is 0 Å². The number of urea groups is 1. The largest absolute Gasteiger partial charge is 0.474 e. The number of rotatable bonds is 7. The van der Waals surface area contributed by atoms with Gasteiger partial charge in [-0.25, -0.2) is 9.78 Å². The van der Waals surface area contributed by atoms with Crippen LogP contribution in [0.3, 0.4) is 0 Å². The van der Waals surface area contributed by atoms with E-state index in [0.29, 0.717) is 23.7 Å². The number of carbonyl (C=O) groups is 2. The molecule has 3 heterocycles. The summed E-state index contributed by atoms with van der Waals surface area (Å²) in [6.07, 6.45) is 9.70. The van der Waals surface area contributed by atoms with E-state index in [0.717, 1.165) is 64.0 Å². The number of amides is 3. The number of anilines is 3. The first-order chi connectivity index (χ1) is 18.4. The number of likely N-dealkylation sites (tertiary alicyclic amines) is 1. The summed E-state index contributed by atoms with van der Waals surface area (Å²) in [5, 5.41) is 5.73. The second-order valence-electron chi connectivity index (χ2n) is 10.8. The van der Waals surface area contributed by atoms with E-state index in [1.807, 2.05) is 23.1 Å². The highest BCUT2D eigenvalue weighted by Crippen LogP contribution is 2.27. The third-order valence-electron chi connectivity index (χ3n) is 8.30. The minimum atomic E-state index is -0.303. The smallest absolute Gasteiger partial charge is 0.323 e. The standard InChI is InChI=1S/C29H40N6O3/c1-21(36)34-16-13-24(14-17-34)33(2)26-15-18-35(20-26)25-10-7-22(8-11-25)31-29(37)32-23-9-12-28(30-19-23)38-27-5-3-4-6-27/h7-12,19,24,26-27H,3-6,13-18,20H2,1-2H3,(H2,31,32,37). The zero-order valence-electron chi connectivity index (χ0n) is 22.6. The Morgan fingerprint density at radius 2 is 1.55 bits per heavy atom. The molecular formula is C29H40N6O3. The number of nitrogens with zero attached hydrogens (tertiary/aromatic N) is 4. The quantitative estimate of drug-likeness (QED) is 0.556. The number of ether oxygens (including phenoxy) is 1. The molecule has 2 N–H and O–H groups in total. The van der Waals surface area contributed by atoms with Gasteiger partial charge >= 0.3 is 6.03 Å². The molecule has 1 atom stereocenters. The maximum absolute atomic E-state index is 12.5. The number of likely N-dealkylation sites (N-methyl/N-ethyl adjacent to an activating group) is 1. The molecule has 2 aromatic rings. The Morgan fingerprint density at radius 1 is 0.895 bits per heavy atom. The van der Waals surface area contributed by atoms with Crippen molar-refractivity contribution in [2.45, 2.75) is 70.1 Å². The van der Waals surface area contributed by atoms with Crippen LogP contribution in [0.2, 0.25) is 0 Å². The van der Waals surface area contributed by atoms with E-state index in [-0.39, 0.29) is 18.0 Å². The van der Waals surface area contributed by atoms with Gasteiger partial charge in [0.25, 0.3) is 0 Å². The van der Waals surface area contributed by atoms with Crippen molar-refractivity contribution in [3.63, 3.8) is 0 Å². The molecule has 204 valence electrons. The maximum atomic E-state index is 12.5. The summed E-state index contributed by atoms with van der Waals surface area (Å²) in [6.45, 7) is 5.39. The molecule has 0 spiro atoms. The molecular weight excluding hydrogens is 480 g/mol. The molecule has 0 bridgehead atoms. The van der Waals surface area contributed by atoms with Crippen LogP contribution >= 0.6 is 0 Å². The fourth-order valence-corrected chi connectivity index (χ4v) is 5.94. The Bertz CT molecular complexity index is 1080. The van der Waals surface area contributed by atoms with E-state index in [2.05, 4.69) is 44.6 Å². The number of hydrogen-bond acceptors (Lipinski definition) is 6. The molecule has 1 aromatic heterocycles. The minimum Gasteiger partial charge on any atom is -0.474 e. The van der Waals surface area contributed by atoms with Crippen LogP contribution in [0.15, 0.2) is 42.6 Å². The predicted octanol–water partition coefficient (Wildman–Crippen LogP) is 4.57. The second kappa shape index (κ2) is 12.0. The Labute approximate surface area is 225 Å². The van der Waals surface area contributed by atoms with Crippen molar-refractivity contribution in [1.29, 1.82) is 0 Å². The van der Waals surface area contributed by atoms with Crippen molar-refractivity contribution in [2.75, 3.05) is 48.8 Å². The van der Waals surface area contributed by atoms with Crippen LogP contribution < -0.4 is 20.3 Å². The normalized spacial score (nSPS) is 20.7. The number of pyridine rings is 1. The van der Waals surface area contributed by atoms with Crippen molar-refractivity contribution in [3.8, 4) is 5.88 Å². The highest BCUT2D eigenvalue weighted by molar-refractivity contribution is 5.99. The van der Waals surface area contributed by atoms with Gasteiger partial charge in [0.1, 0.15) is 6.10 Å². The molecule has 1 unspecified atom stereocenters. The molecule has 1 aromatic carbocycles. The Hall–Kier alpha value is -3.33. The van der Waals surface area contributed by atoms with Crippen LogP contribution in [0.1, 0.15) is 51.9 Å². The van der Waals surface area contributed by atoms with E-state index in [1.54, 1.807) is 19.2 Å². The van der Waals surface area contributed by atoms with Crippen LogP contribution in [-0.4, -0.2) is 78.1 Å². The van der Waals surface area contributed by atoms with E-state index in [9.17, 15) is 9.59 Å². The summed E-state index contributed by atoms with van der Waals surface area (Å²) in [5.74, 6) is 0.788. The van der Waals surface area contributed by atoms with Crippen LogP contribution in [0.5, 0.6) is 5.88 Å². The van der Waals surface area contributed by atoms with Gasteiger partial charge in [-0.1, -0.05) is 0 Å². The molecule has 3 amide bonds. The number of aromatic nitrogens is 1. The Kier molecular flexibility index (Phi) is 8.32. The molecule has 5 rings (SSSR count). The van der Waals surface area contributed by atoms with Crippen molar-refractivity contribution in [1.82, 2.24) is 14.8 Å². The predicted molar refractivity (Wildman–Crippen MR) is 150 cm³/mol. The molecule has 1 saturated carbocycles. The molecule has 9 nitrogen and oxygen atoms in total. The Morgan fingerprint density at radius 3 is 2.21 bits per heavy atom. The zero-order chi connectivity index (χ0) is 26.5. The molecule has 3 fully saturated rings. The number of benzene rings is 1. The van der Waals surface area contributed by atoms with Gasteiger partial charge in [0.05, 0.1) is 11.9 Å². The number of piperidine rings is 1. The lowest BCUT2D eigenvalue weighted by Crippen LogP contribution is -2.48. The summed E-state index contributed by atoms with van der Waals surface area (Å²) in [4.78, 5) is 35.3. The van der Waals surface area contributed by atoms with Crippen molar-refractivity contribution in [3.05, 3.63) is 42.6 Å². The zero-order valence-corrected chi connectivity index (χ0v) is 22.6. The molecule has 1 aliphatic carbocycles. The van der Waals surface area contributed by atoms with Gasteiger partial charge in [-0.15, -0.1) is 0 Å². The highest BCUT2D eigenvalue weighted by Gasteiger charge is 2.32. The van der Waals surface area contributed by atoms with E-state index >= 15 is 0 Å². The fourth-order valence-electron chi connectivity index (χ4n) is 5.94. The lowest BCUT2D eigenvalue weighted by molar-refractivity contribution is -0.130. The van der Waals surface area contributed by atoms with E-state index in [4.69, 9.17) is 4.74 Å². The monoisotopic (exact) mass is 520 g/mol. The minimum absolute atomic E-state index is 0.184. The Balaban J connectivity index is 1.07. The van der Waals surface area contributed by atoms with E-state index < -0.39 is 0 Å². The average molecular weight is 521 g/mol. The maximum Gasteiger partial charge on any atom is 0.323 e. The summed E-state index contributed by atoms with van der Waals surface area (Å²) in [7, 11) is 2.24.